The molecule has 5 heteroatoms. The summed E-state index contributed by atoms with van der Waals surface area (Å²) in [6, 6.07) is 14.6. The molecule has 3 aromatic rings. The number of halogens is 1. The van der Waals surface area contributed by atoms with Crippen molar-refractivity contribution in [3.63, 3.8) is 0 Å². The molecule has 1 aromatic heterocycles. The lowest BCUT2D eigenvalue weighted by Gasteiger charge is -2.08. The summed E-state index contributed by atoms with van der Waals surface area (Å²) in [5, 5.41) is 6.28. The number of hydrogen-bond acceptors (Lipinski definition) is 3. The highest BCUT2D eigenvalue weighted by Crippen LogP contribution is 2.16. The zero-order valence-corrected chi connectivity index (χ0v) is 12.0. The zero-order valence-electron chi connectivity index (χ0n) is 11.2. The van der Waals surface area contributed by atoms with Crippen molar-refractivity contribution in [3.8, 4) is 5.75 Å². The molecule has 106 valence electrons. The van der Waals surface area contributed by atoms with Gasteiger partial charge in [0.1, 0.15) is 12.4 Å². The molecule has 0 aliphatic carbocycles. The molecule has 0 saturated heterocycles. The number of benzene rings is 2. The van der Waals surface area contributed by atoms with Crippen LogP contribution in [0.5, 0.6) is 5.75 Å². The second-order valence-electron chi connectivity index (χ2n) is 4.57. The van der Waals surface area contributed by atoms with E-state index >= 15 is 0 Å². The molecule has 0 aliphatic heterocycles. The first kappa shape index (κ1) is 13.6. The summed E-state index contributed by atoms with van der Waals surface area (Å²) in [7, 11) is 0. The van der Waals surface area contributed by atoms with Crippen LogP contribution in [0.15, 0.2) is 59.5 Å². The highest BCUT2D eigenvalue weighted by Gasteiger charge is 2.03. The van der Waals surface area contributed by atoms with E-state index in [9.17, 15) is 4.79 Å². The summed E-state index contributed by atoms with van der Waals surface area (Å²) in [5.74, 6) is 0.677. The summed E-state index contributed by atoms with van der Waals surface area (Å²) >= 11 is 5.88. The van der Waals surface area contributed by atoms with E-state index in [1.54, 1.807) is 24.4 Å². The van der Waals surface area contributed by atoms with E-state index < -0.39 is 0 Å². The molecule has 0 amide bonds. The van der Waals surface area contributed by atoms with Gasteiger partial charge in [0.25, 0.3) is 5.56 Å². The van der Waals surface area contributed by atoms with Crippen LogP contribution >= 0.6 is 11.6 Å². The third-order valence-corrected chi connectivity index (χ3v) is 3.36. The van der Waals surface area contributed by atoms with Crippen LogP contribution in [0.3, 0.4) is 0 Å². The van der Waals surface area contributed by atoms with Crippen molar-refractivity contribution in [1.82, 2.24) is 9.78 Å². The summed E-state index contributed by atoms with van der Waals surface area (Å²) in [4.78, 5) is 12.2. The largest absolute Gasteiger partial charge is 0.492 e. The van der Waals surface area contributed by atoms with Gasteiger partial charge < -0.3 is 4.74 Å². The Morgan fingerprint density at radius 3 is 2.86 bits per heavy atom. The van der Waals surface area contributed by atoms with Gasteiger partial charge in [-0.15, -0.1) is 0 Å². The van der Waals surface area contributed by atoms with E-state index in [0.29, 0.717) is 29.3 Å². The Morgan fingerprint density at radius 2 is 2.00 bits per heavy atom. The first-order chi connectivity index (χ1) is 10.2. The molecule has 0 fully saturated rings. The maximum Gasteiger partial charge on any atom is 0.274 e. The Bertz CT molecular complexity index is 830. The van der Waals surface area contributed by atoms with Crippen molar-refractivity contribution in [3.05, 3.63) is 70.1 Å². The zero-order chi connectivity index (χ0) is 14.7. The van der Waals surface area contributed by atoms with Crippen molar-refractivity contribution in [1.29, 1.82) is 0 Å². The second kappa shape index (κ2) is 5.97. The van der Waals surface area contributed by atoms with Crippen LogP contribution in [0.2, 0.25) is 5.02 Å². The normalized spacial score (nSPS) is 10.7. The maximum atomic E-state index is 12.2. The average Bonchev–Trinajstić information content (AvgIpc) is 2.50. The van der Waals surface area contributed by atoms with E-state index in [4.69, 9.17) is 16.3 Å². The number of nitrogens with zero attached hydrogens (tertiary/aromatic N) is 2. The summed E-state index contributed by atoms with van der Waals surface area (Å²) < 4.78 is 6.98. The Kier molecular flexibility index (Phi) is 3.88. The van der Waals surface area contributed by atoms with Gasteiger partial charge in [-0.3, -0.25) is 4.79 Å². The van der Waals surface area contributed by atoms with Crippen LogP contribution < -0.4 is 10.3 Å². The molecule has 0 aliphatic rings. The van der Waals surface area contributed by atoms with Crippen LogP contribution in [0.25, 0.3) is 10.8 Å². The number of hydrogen-bond donors (Lipinski definition) is 0. The molecular weight excluding hydrogens is 288 g/mol. The number of aromatic nitrogens is 2. The Labute approximate surface area is 126 Å². The predicted molar refractivity (Wildman–Crippen MR) is 83.0 cm³/mol. The third-order valence-electron chi connectivity index (χ3n) is 3.13. The molecule has 21 heavy (non-hydrogen) atoms. The minimum absolute atomic E-state index is 0.109. The fourth-order valence-corrected chi connectivity index (χ4v) is 2.27. The topological polar surface area (TPSA) is 44.1 Å². The van der Waals surface area contributed by atoms with E-state index in [-0.39, 0.29) is 5.56 Å². The van der Waals surface area contributed by atoms with Crippen molar-refractivity contribution < 1.29 is 4.74 Å². The molecule has 0 atom stereocenters. The lowest BCUT2D eigenvalue weighted by Crippen LogP contribution is -2.25. The molecule has 0 unspecified atom stereocenters. The van der Waals surface area contributed by atoms with E-state index in [2.05, 4.69) is 5.10 Å². The minimum atomic E-state index is -0.109. The standard InChI is InChI=1S/C16H13ClN2O2/c17-13-5-3-6-14(10-13)21-9-8-19-16(20)15-7-2-1-4-12(15)11-18-19/h1-7,10-11H,8-9H2. The van der Waals surface area contributed by atoms with Gasteiger partial charge in [0.15, 0.2) is 0 Å². The van der Waals surface area contributed by atoms with E-state index in [1.165, 1.54) is 4.68 Å². The van der Waals surface area contributed by atoms with E-state index in [1.807, 2.05) is 30.3 Å². The summed E-state index contributed by atoms with van der Waals surface area (Å²) in [6.07, 6.45) is 1.69. The molecule has 0 N–H and O–H groups in total. The number of ether oxygens (including phenoxy) is 1. The van der Waals surface area contributed by atoms with Gasteiger partial charge in [0.05, 0.1) is 18.1 Å². The molecule has 2 aromatic carbocycles. The molecule has 0 radical (unpaired) electrons. The first-order valence-corrected chi connectivity index (χ1v) is 6.95. The lowest BCUT2D eigenvalue weighted by molar-refractivity contribution is 0.288. The average molecular weight is 301 g/mol. The lowest BCUT2D eigenvalue weighted by atomic mass is 10.2. The second-order valence-corrected chi connectivity index (χ2v) is 5.00. The van der Waals surface area contributed by atoms with Crippen molar-refractivity contribution in [2.75, 3.05) is 6.61 Å². The fourth-order valence-electron chi connectivity index (χ4n) is 2.09. The van der Waals surface area contributed by atoms with Crippen LogP contribution in [-0.2, 0) is 6.54 Å². The van der Waals surface area contributed by atoms with Gasteiger partial charge in [0.2, 0.25) is 0 Å². The third kappa shape index (κ3) is 3.06. The molecule has 1 heterocycles. The number of rotatable bonds is 4. The highest BCUT2D eigenvalue weighted by molar-refractivity contribution is 6.30. The van der Waals surface area contributed by atoms with Gasteiger partial charge in [-0.2, -0.15) is 5.10 Å². The highest BCUT2D eigenvalue weighted by atomic mass is 35.5. The minimum Gasteiger partial charge on any atom is -0.492 e. The number of fused-ring (bicyclic) bond motifs is 1. The van der Waals surface area contributed by atoms with Crippen LogP contribution in [0.4, 0.5) is 0 Å². The van der Waals surface area contributed by atoms with Crippen LogP contribution in [-0.4, -0.2) is 16.4 Å². The molecular formula is C16H13ClN2O2. The molecule has 0 spiro atoms. The molecule has 0 saturated carbocycles. The Balaban J connectivity index is 1.74. The quantitative estimate of drug-likeness (QED) is 0.743. The Morgan fingerprint density at radius 1 is 1.14 bits per heavy atom. The predicted octanol–water partition coefficient (Wildman–Crippen LogP) is 3.13. The van der Waals surface area contributed by atoms with Crippen LogP contribution in [0.1, 0.15) is 0 Å². The van der Waals surface area contributed by atoms with Crippen LogP contribution in [0, 0.1) is 0 Å². The monoisotopic (exact) mass is 300 g/mol. The molecule has 0 bridgehead atoms. The van der Waals surface area contributed by atoms with Gasteiger partial charge in [-0.1, -0.05) is 35.9 Å². The molecule has 4 nitrogen and oxygen atoms in total. The molecule has 3 rings (SSSR count). The fraction of sp³-hybridized carbons (Fsp3) is 0.125. The first-order valence-electron chi connectivity index (χ1n) is 6.57. The van der Waals surface area contributed by atoms with Crippen molar-refractivity contribution >= 4 is 22.4 Å². The smallest absolute Gasteiger partial charge is 0.274 e. The van der Waals surface area contributed by atoms with Gasteiger partial charge in [0, 0.05) is 10.4 Å². The SMILES string of the molecule is O=c1c2ccccc2cnn1CCOc1cccc(Cl)c1. The van der Waals surface area contributed by atoms with Crippen molar-refractivity contribution in [2.24, 2.45) is 0 Å². The van der Waals surface area contributed by atoms with E-state index in [0.717, 1.165) is 5.39 Å². The van der Waals surface area contributed by atoms with Crippen molar-refractivity contribution in [2.45, 2.75) is 6.54 Å². The Hall–Kier alpha value is -2.33. The van der Waals surface area contributed by atoms with Gasteiger partial charge >= 0.3 is 0 Å². The van der Waals surface area contributed by atoms with Gasteiger partial charge in [-0.05, 0) is 24.3 Å². The summed E-state index contributed by atoms with van der Waals surface area (Å²) in [5.41, 5.74) is -0.109. The maximum absolute atomic E-state index is 12.2. The van der Waals surface area contributed by atoms with Gasteiger partial charge in [-0.25, -0.2) is 4.68 Å². The summed E-state index contributed by atoms with van der Waals surface area (Å²) in [6.45, 7) is 0.738.